The van der Waals surface area contributed by atoms with Gasteiger partial charge in [0.25, 0.3) is 0 Å². The monoisotopic (exact) mass is 419 g/mol. The third-order valence-electron chi connectivity index (χ3n) is 5.59. The fourth-order valence-electron chi connectivity index (χ4n) is 3.96. The van der Waals surface area contributed by atoms with Crippen LogP contribution in [0.1, 0.15) is 29.5 Å². The number of benzene rings is 2. The van der Waals surface area contributed by atoms with Crippen molar-refractivity contribution < 1.29 is 9.59 Å². The first-order valence-corrected chi connectivity index (χ1v) is 10.2. The van der Waals surface area contributed by atoms with Gasteiger partial charge in [0.1, 0.15) is 12.4 Å². The maximum atomic E-state index is 13.0. The van der Waals surface area contributed by atoms with Crippen molar-refractivity contribution in [2.75, 3.05) is 17.2 Å². The van der Waals surface area contributed by atoms with Crippen LogP contribution in [0.3, 0.4) is 0 Å². The number of carbonyl (C=O) groups is 2. The van der Waals surface area contributed by atoms with Crippen LogP contribution in [0.25, 0.3) is 5.69 Å². The Morgan fingerprint density at radius 1 is 1.03 bits per heavy atom. The average molecular weight is 419 g/mol. The number of tetrazole rings is 1. The summed E-state index contributed by atoms with van der Waals surface area (Å²) >= 11 is 0. The van der Waals surface area contributed by atoms with E-state index in [-0.39, 0.29) is 11.9 Å². The van der Waals surface area contributed by atoms with E-state index >= 15 is 0 Å². The summed E-state index contributed by atoms with van der Waals surface area (Å²) in [5.41, 5.74) is 5.20. The zero-order valence-electron chi connectivity index (χ0n) is 17.8. The molecule has 0 bridgehead atoms. The molecule has 2 N–H and O–H groups in total. The third kappa shape index (κ3) is 4.25. The number of carbonyl (C=O) groups excluding carboxylic acids is 2. The number of para-hydroxylation sites is 1. The summed E-state index contributed by atoms with van der Waals surface area (Å²) in [5, 5.41) is 17.1. The summed E-state index contributed by atoms with van der Waals surface area (Å²) in [5.74, 6) is -0.191. The first kappa shape index (κ1) is 20.5. The van der Waals surface area contributed by atoms with Crippen LogP contribution >= 0.6 is 0 Å². The number of urea groups is 1. The van der Waals surface area contributed by atoms with Gasteiger partial charge >= 0.3 is 6.03 Å². The number of nitrogens with one attached hydrogen (secondary N) is 2. The van der Waals surface area contributed by atoms with Crippen molar-refractivity contribution in [2.24, 2.45) is 0 Å². The lowest BCUT2D eigenvalue weighted by atomic mass is 10.1. The van der Waals surface area contributed by atoms with Crippen LogP contribution in [-0.4, -0.2) is 49.6 Å². The number of anilines is 2. The molecule has 1 saturated heterocycles. The Bertz CT molecular complexity index is 1090. The van der Waals surface area contributed by atoms with Crippen molar-refractivity contribution in [3.05, 3.63) is 59.4 Å². The van der Waals surface area contributed by atoms with Crippen LogP contribution in [0, 0.1) is 20.8 Å². The highest BCUT2D eigenvalue weighted by Gasteiger charge is 2.34. The van der Waals surface area contributed by atoms with Crippen LogP contribution in [-0.2, 0) is 4.79 Å². The molecule has 3 amide bonds. The van der Waals surface area contributed by atoms with Gasteiger partial charge in [-0.2, -0.15) is 0 Å². The maximum Gasteiger partial charge on any atom is 0.322 e. The number of rotatable bonds is 4. The number of hydrogen-bond acceptors (Lipinski definition) is 5. The standard InChI is InChI=1S/C22H25N7O2/c1-14-6-4-7-15(2)20(14)25-22(31)28-11-5-8-19(28)21(30)24-17-9-10-18(16(3)12-17)29-13-23-26-27-29/h4,6-7,9-10,12-13,19H,5,8,11H2,1-3H3,(H,24,30)(H,25,31)/t19-/m1/s1. The number of aromatic nitrogens is 4. The molecule has 0 spiro atoms. The van der Waals surface area contributed by atoms with Crippen molar-refractivity contribution in [1.29, 1.82) is 0 Å². The van der Waals surface area contributed by atoms with Gasteiger partial charge in [-0.3, -0.25) is 4.79 Å². The molecule has 1 atom stereocenters. The second-order valence-electron chi connectivity index (χ2n) is 7.79. The number of nitrogens with zero attached hydrogens (tertiary/aromatic N) is 5. The second-order valence-corrected chi connectivity index (χ2v) is 7.79. The van der Waals surface area contributed by atoms with E-state index in [4.69, 9.17) is 0 Å². The van der Waals surface area contributed by atoms with Crippen LogP contribution < -0.4 is 10.6 Å². The molecule has 2 heterocycles. The summed E-state index contributed by atoms with van der Waals surface area (Å²) in [6, 6.07) is 10.6. The van der Waals surface area contributed by atoms with Gasteiger partial charge in [0.2, 0.25) is 5.91 Å². The van der Waals surface area contributed by atoms with Gasteiger partial charge in [-0.25, -0.2) is 9.48 Å². The van der Waals surface area contributed by atoms with Gasteiger partial charge in [0, 0.05) is 17.9 Å². The van der Waals surface area contributed by atoms with Crippen LogP contribution in [0.5, 0.6) is 0 Å². The smallest absolute Gasteiger partial charge is 0.322 e. The van der Waals surface area contributed by atoms with E-state index in [2.05, 4.69) is 26.2 Å². The lowest BCUT2D eigenvalue weighted by Crippen LogP contribution is -2.45. The minimum absolute atomic E-state index is 0.191. The minimum Gasteiger partial charge on any atom is -0.324 e. The Balaban J connectivity index is 1.45. The van der Waals surface area contributed by atoms with Gasteiger partial charge in [0.15, 0.2) is 0 Å². The van der Waals surface area contributed by atoms with E-state index in [0.717, 1.165) is 34.5 Å². The third-order valence-corrected chi connectivity index (χ3v) is 5.59. The van der Waals surface area contributed by atoms with E-state index in [9.17, 15) is 9.59 Å². The van der Waals surface area contributed by atoms with Gasteiger partial charge in [-0.05, 0) is 78.9 Å². The van der Waals surface area contributed by atoms with Crippen LogP contribution in [0.4, 0.5) is 16.2 Å². The molecule has 0 saturated carbocycles. The maximum absolute atomic E-state index is 13.0. The predicted octanol–water partition coefficient (Wildman–Crippen LogP) is 3.22. The lowest BCUT2D eigenvalue weighted by Gasteiger charge is -2.25. The summed E-state index contributed by atoms with van der Waals surface area (Å²) in [4.78, 5) is 27.5. The Kier molecular flexibility index (Phi) is 5.66. The predicted molar refractivity (Wildman–Crippen MR) is 117 cm³/mol. The molecule has 0 radical (unpaired) electrons. The number of hydrogen-bond donors (Lipinski definition) is 2. The van der Waals surface area contributed by atoms with Crippen molar-refractivity contribution in [3.8, 4) is 5.69 Å². The molecule has 2 aromatic carbocycles. The largest absolute Gasteiger partial charge is 0.324 e. The molecular formula is C22H25N7O2. The molecule has 1 aliphatic rings. The Hall–Kier alpha value is -3.75. The zero-order chi connectivity index (χ0) is 22.0. The van der Waals surface area contributed by atoms with Crippen molar-refractivity contribution in [1.82, 2.24) is 25.1 Å². The summed E-state index contributed by atoms with van der Waals surface area (Å²) in [6.07, 6.45) is 2.94. The van der Waals surface area contributed by atoms with Gasteiger partial charge < -0.3 is 15.5 Å². The molecule has 160 valence electrons. The van der Waals surface area contributed by atoms with E-state index < -0.39 is 6.04 Å². The topological polar surface area (TPSA) is 105 Å². The number of likely N-dealkylation sites (tertiary alicyclic amines) is 1. The SMILES string of the molecule is Cc1cc(NC(=O)[C@H]2CCCN2C(=O)Nc2c(C)cccc2C)ccc1-n1cnnn1. The summed E-state index contributed by atoms with van der Waals surface area (Å²) < 4.78 is 1.57. The zero-order valence-corrected chi connectivity index (χ0v) is 17.8. The molecule has 3 aromatic rings. The number of aryl methyl sites for hydroxylation is 3. The highest BCUT2D eigenvalue weighted by atomic mass is 16.2. The van der Waals surface area contributed by atoms with Crippen molar-refractivity contribution in [2.45, 2.75) is 39.7 Å². The average Bonchev–Trinajstić information content (AvgIpc) is 3.43. The molecule has 0 aliphatic carbocycles. The quantitative estimate of drug-likeness (QED) is 0.676. The van der Waals surface area contributed by atoms with E-state index in [1.807, 2.05) is 51.1 Å². The lowest BCUT2D eigenvalue weighted by molar-refractivity contribution is -0.119. The molecule has 1 aliphatic heterocycles. The Morgan fingerprint density at radius 3 is 2.48 bits per heavy atom. The fourth-order valence-corrected chi connectivity index (χ4v) is 3.96. The molecular weight excluding hydrogens is 394 g/mol. The molecule has 1 fully saturated rings. The van der Waals surface area contributed by atoms with Gasteiger partial charge in [-0.1, -0.05) is 18.2 Å². The first-order valence-electron chi connectivity index (χ1n) is 10.2. The van der Waals surface area contributed by atoms with E-state index in [1.54, 1.807) is 15.6 Å². The normalized spacial score (nSPS) is 15.7. The van der Waals surface area contributed by atoms with E-state index in [1.165, 1.54) is 6.33 Å². The minimum atomic E-state index is -0.510. The molecule has 9 heteroatoms. The highest BCUT2D eigenvalue weighted by Crippen LogP contribution is 2.25. The molecule has 1 aromatic heterocycles. The Morgan fingerprint density at radius 2 is 1.81 bits per heavy atom. The highest BCUT2D eigenvalue weighted by molar-refractivity contribution is 6.00. The van der Waals surface area contributed by atoms with E-state index in [0.29, 0.717) is 18.7 Å². The van der Waals surface area contributed by atoms with Gasteiger partial charge in [-0.15, -0.1) is 5.10 Å². The van der Waals surface area contributed by atoms with Gasteiger partial charge in [0.05, 0.1) is 5.69 Å². The fraction of sp³-hybridized carbons (Fsp3) is 0.318. The summed E-state index contributed by atoms with van der Waals surface area (Å²) in [7, 11) is 0. The molecule has 0 unspecified atom stereocenters. The molecule has 9 nitrogen and oxygen atoms in total. The van der Waals surface area contributed by atoms with Crippen molar-refractivity contribution in [3.63, 3.8) is 0 Å². The van der Waals surface area contributed by atoms with Crippen molar-refractivity contribution >= 4 is 23.3 Å². The second kappa shape index (κ2) is 8.55. The number of amides is 3. The van der Waals surface area contributed by atoms with Crippen LogP contribution in [0.15, 0.2) is 42.7 Å². The first-order chi connectivity index (χ1) is 14.9. The van der Waals surface area contributed by atoms with Crippen LogP contribution in [0.2, 0.25) is 0 Å². The molecule has 4 rings (SSSR count). The molecule has 31 heavy (non-hydrogen) atoms. The Labute approximate surface area is 180 Å². The summed E-state index contributed by atoms with van der Waals surface area (Å²) in [6.45, 7) is 6.38.